The molecule has 86 valence electrons. The van der Waals surface area contributed by atoms with Crippen LogP contribution in [0.4, 0.5) is 5.82 Å². The molecule has 0 atom stereocenters. The summed E-state index contributed by atoms with van der Waals surface area (Å²) in [4.78, 5) is 19.8. The summed E-state index contributed by atoms with van der Waals surface area (Å²) in [6.45, 7) is 0. The predicted octanol–water partition coefficient (Wildman–Crippen LogP) is 2.42. The summed E-state index contributed by atoms with van der Waals surface area (Å²) in [7, 11) is 0. The van der Waals surface area contributed by atoms with E-state index in [2.05, 4.69) is 31.2 Å². The van der Waals surface area contributed by atoms with E-state index in [9.17, 15) is 4.79 Å². The molecule has 4 nitrogen and oxygen atoms in total. The third-order valence-corrected chi connectivity index (χ3v) is 2.55. The Balaban J connectivity index is 1.98. The third-order valence-electron chi connectivity index (χ3n) is 2.06. The van der Waals surface area contributed by atoms with Gasteiger partial charge in [0.05, 0.1) is 6.42 Å². The van der Waals surface area contributed by atoms with Crippen LogP contribution in [0.3, 0.4) is 0 Å². The zero-order chi connectivity index (χ0) is 12.1. The Bertz CT molecular complexity index is 516. The molecule has 0 radical (unpaired) electrons. The van der Waals surface area contributed by atoms with Crippen molar-refractivity contribution in [2.45, 2.75) is 6.42 Å². The Morgan fingerprint density at radius 2 is 2.12 bits per heavy atom. The molecule has 0 aliphatic heterocycles. The molecule has 2 rings (SSSR count). The molecule has 17 heavy (non-hydrogen) atoms. The summed E-state index contributed by atoms with van der Waals surface area (Å²) in [6, 6.07) is 9.03. The summed E-state index contributed by atoms with van der Waals surface area (Å²) in [5.41, 5.74) is 0.736. The Hall–Kier alpha value is -1.75. The number of rotatable bonds is 3. The lowest BCUT2D eigenvalue weighted by atomic mass is 10.2. The topological polar surface area (TPSA) is 54.9 Å². The number of amides is 1. The van der Waals surface area contributed by atoms with E-state index in [1.165, 1.54) is 0 Å². The lowest BCUT2D eigenvalue weighted by Crippen LogP contribution is -2.15. The molecular weight excluding hydrogens is 282 g/mol. The lowest BCUT2D eigenvalue weighted by Gasteiger charge is -2.04. The van der Waals surface area contributed by atoms with Crippen LogP contribution in [0.5, 0.6) is 0 Å². The molecule has 2 aromatic rings. The van der Waals surface area contributed by atoms with E-state index in [-0.39, 0.29) is 12.3 Å². The Labute approximate surface area is 107 Å². The van der Waals surface area contributed by atoms with Gasteiger partial charge in [-0.05, 0) is 24.3 Å². The highest BCUT2D eigenvalue weighted by molar-refractivity contribution is 9.10. The monoisotopic (exact) mass is 291 g/mol. The number of hydrogen-bond donors (Lipinski definition) is 1. The minimum atomic E-state index is -0.130. The van der Waals surface area contributed by atoms with Crippen molar-refractivity contribution in [3.8, 4) is 0 Å². The molecule has 0 aliphatic carbocycles. The van der Waals surface area contributed by atoms with Crippen LogP contribution in [0.15, 0.2) is 47.2 Å². The molecule has 0 spiro atoms. The highest BCUT2D eigenvalue weighted by atomic mass is 79.9. The quantitative estimate of drug-likeness (QED) is 0.945. The molecule has 0 saturated heterocycles. The highest BCUT2D eigenvalue weighted by Gasteiger charge is 2.05. The maximum atomic E-state index is 11.7. The van der Waals surface area contributed by atoms with Crippen molar-refractivity contribution in [2.24, 2.45) is 0 Å². The zero-order valence-electron chi connectivity index (χ0n) is 8.93. The van der Waals surface area contributed by atoms with Crippen molar-refractivity contribution >= 4 is 27.7 Å². The van der Waals surface area contributed by atoms with Crippen molar-refractivity contribution in [3.63, 3.8) is 0 Å². The number of carbonyl (C=O) groups excluding carboxylic acids is 1. The summed E-state index contributed by atoms with van der Waals surface area (Å²) < 4.78 is 0.876. The summed E-state index contributed by atoms with van der Waals surface area (Å²) >= 11 is 3.32. The van der Waals surface area contributed by atoms with Crippen LogP contribution < -0.4 is 5.32 Å². The second-order valence-electron chi connectivity index (χ2n) is 3.41. The molecule has 5 heteroatoms. The van der Waals surface area contributed by atoms with Crippen molar-refractivity contribution in [3.05, 3.63) is 52.9 Å². The van der Waals surface area contributed by atoms with Gasteiger partial charge >= 0.3 is 0 Å². The second kappa shape index (κ2) is 5.54. The maximum absolute atomic E-state index is 11.7. The van der Waals surface area contributed by atoms with Gasteiger partial charge < -0.3 is 5.32 Å². The molecule has 1 amide bonds. The van der Waals surface area contributed by atoms with Gasteiger partial charge in [-0.15, -0.1) is 0 Å². The number of nitrogens with one attached hydrogen (secondary N) is 1. The van der Waals surface area contributed by atoms with Crippen molar-refractivity contribution < 1.29 is 4.79 Å². The normalized spacial score (nSPS) is 9.94. The molecule has 2 heterocycles. The Kier molecular flexibility index (Phi) is 3.82. The van der Waals surface area contributed by atoms with E-state index < -0.39 is 0 Å². The fourth-order valence-electron chi connectivity index (χ4n) is 1.33. The average molecular weight is 292 g/mol. The van der Waals surface area contributed by atoms with Crippen LogP contribution in [-0.2, 0) is 11.2 Å². The number of carbonyl (C=O) groups is 1. The van der Waals surface area contributed by atoms with Gasteiger partial charge in [0.25, 0.3) is 0 Å². The standard InChI is InChI=1S/C12H10BrN3O/c13-9-4-6-15-11(7-9)16-12(17)8-10-3-1-2-5-14-10/h1-7H,8H2,(H,15,16,17). The SMILES string of the molecule is O=C(Cc1ccccn1)Nc1cc(Br)ccn1. The number of hydrogen-bond acceptors (Lipinski definition) is 3. The number of anilines is 1. The fourth-order valence-corrected chi connectivity index (χ4v) is 1.66. The third kappa shape index (κ3) is 3.64. The van der Waals surface area contributed by atoms with Gasteiger partial charge in [0.2, 0.25) is 5.91 Å². The molecule has 0 aliphatic rings. The van der Waals surface area contributed by atoms with Gasteiger partial charge in [-0.1, -0.05) is 22.0 Å². The smallest absolute Gasteiger partial charge is 0.231 e. The molecule has 1 N–H and O–H groups in total. The summed E-state index contributed by atoms with van der Waals surface area (Å²) in [6.07, 6.45) is 3.54. The molecule has 0 bridgehead atoms. The number of nitrogens with zero attached hydrogens (tertiary/aromatic N) is 2. The van der Waals surface area contributed by atoms with Gasteiger partial charge in [0, 0.05) is 22.6 Å². The minimum absolute atomic E-state index is 0.130. The van der Waals surface area contributed by atoms with Gasteiger partial charge in [0.1, 0.15) is 5.82 Å². The summed E-state index contributed by atoms with van der Waals surface area (Å²) in [5.74, 6) is 0.398. The van der Waals surface area contributed by atoms with E-state index in [1.54, 1.807) is 24.5 Å². The zero-order valence-corrected chi connectivity index (χ0v) is 10.5. The first-order chi connectivity index (χ1) is 8.24. The van der Waals surface area contributed by atoms with Crippen LogP contribution in [0, 0.1) is 0 Å². The lowest BCUT2D eigenvalue weighted by molar-refractivity contribution is -0.115. The number of aromatic nitrogens is 2. The van der Waals surface area contributed by atoms with Crippen molar-refractivity contribution in [2.75, 3.05) is 5.32 Å². The van der Waals surface area contributed by atoms with Crippen LogP contribution in [0.25, 0.3) is 0 Å². The van der Waals surface area contributed by atoms with Gasteiger partial charge in [-0.3, -0.25) is 9.78 Å². The molecule has 0 aromatic carbocycles. The maximum Gasteiger partial charge on any atom is 0.231 e. The van der Waals surface area contributed by atoms with Crippen LogP contribution in [0.2, 0.25) is 0 Å². The van der Waals surface area contributed by atoms with Crippen LogP contribution in [0.1, 0.15) is 5.69 Å². The molecule has 2 aromatic heterocycles. The van der Waals surface area contributed by atoms with E-state index in [1.807, 2.05) is 18.2 Å². The van der Waals surface area contributed by atoms with Crippen molar-refractivity contribution in [1.82, 2.24) is 9.97 Å². The first-order valence-corrected chi connectivity index (χ1v) is 5.84. The second-order valence-corrected chi connectivity index (χ2v) is 4.32. The molecule has 0 saturated carbocycles. The first kappa shape index (κ1) is 11.7. The van der Waals surface area contributed by atoms with Gasteiger partial charge in [0.15, 0.2) is 0 Å². The van der Waals surface area contributed by atoms with Gasteiger partial charge in [-0.2, -0.15) is 0 Å². The Morgan fingerprint density at radius 1 is 1.24 bits per heavy atom. The average Bonchev–Trinajstić information content (AvgIpc) is 2.30. The van der Waals surface area contributed by atoms with Crippen molar-refractivity contribution in [1.29, 1.82) is 0 Å². The fraction of sp³-hybridized carbons (Fsp3) is 0.0833. The number of pyridine rings is 2. The molecule has 0 fully saturated rings. The first-order valence-electron chi connectivity index (χ1n) is 5.05. The van der Waals surface area contributed by atoms with E-state index >= 15 is 0 Å². The molecular formula is C12H10BrN3O. The highest BCUT2D eigenvalue weighted by Crippen LogP contribution is 2.12. The minimum Gasteiger partial charge on any atom is -0.310 e. The van der Waals surface area contributed by atoms with E-state index in [0.717, 1.165) is 10.2 Å². The predicted molar refractivity (Wildman–Crippen MR) is 68.5 cm³/mol. The van der Waals surface area contributed by atoms with E-state index in [4.69, 9.17) is 0 Å². The number of halogens is 1. The van der Waals surface area contributed by atoms with Crippen LogP contribution >= 0.6 is 15.9 Å². The van der Waals surface area contributed by atoms with Gasteiger partial charge in [-0.25, -0.2) is 4.98 Å². The van der Waals surface area contributed by atoms with E-state index in [0.29, 0.717) is 5.82 Å². The summed E-state index contributed by atoms with van der Waals surface area (Å²) in [5, 5.41) is 2.71. The largest absolute Gasteiger partial charge is 0.310 e. The molecule has 0 unspecified atom stereocenters. The Morgan fingerprint density at radius 3 is 2.82 bits per heavy atom. The van der Waals surface area contributed by atoms with Crippen LogP contribution in [-0.4, -0.2) is 15.9 Å².